The third-order valence-electron chi connectivity index (χ3n) is 4.33. The summed E-state index contributed by atoms with van der Waals surface area (Å²) in [5, 5.41) is 5.06. The number of anilines is 1. The topological polar surface area (TPSA) is 93.2 Å². The van der Waals surface area contributed by atoms with Crippen molar-refractivity contribution in [2.45, 2.75) is 17.7 Å². The van der Waals surface area contributed by atoms with Crippen molar-refractivity contribution < 1.29 is 17.4 Å². The first-order valence-corrected chi connectivity index (χ1v) is 12.7. The molecular formula is C18H20N2O4S3. The largest absolute Gasteiger partial charge is 0.298 e. The fraction of sp³-hybridized carbons (Fsp3) is 0.333. The van der Waals surface area contributed by atoms with Crippen molar-refractivity contribution in [3.8, 4) is 0 Å². The lowest BCUT2D eigenvalue weighted by Crippen LogP contribution is -2.19. The smallest absolute Gasteiger partial charge is 0.257 e. The quantitative estimate of drug-likeness (QED) is 0.745. The molecule has 3 rings (SSSR count). The van der Waals surface area contributed by atoms with Gasteiger partial charge in [-0.15, -0.1) is 11.3 Å². The molecule has 0 bridgehead atoms. The lowest BCUT2D eigenvalue weighted by Gasteiger charge is -2.19. The summed E-state index contributed by atoms with van der Waals surface area (Å²) in [7, 11) is -4.08. The minimum absolute atomic E-state index is 0.161. The van der Waals surface area contributed by atoms with Crippen molar-refractivity contribution >= 4 is 48.6 Å². The number of hydrogen-bond donors (Lipinski definition) is 1. The number of carbonyl (C=O) groups is 1. The van der Waals surface area contributed by atoms with E-state index in [0.29, 0.717) is 27.8 Å². The average Bonchev–Trinajstić information content (AvgIpc) is 3.13. The molecule has 27 heavy (non-hydrogen) atoms. The second kappa shape index (κ2) is 8.45. The van der Waals surface area contributed by atoms with Crippen molar-refractivity contribution in [3.63, 3.8) is 0 Å². The lowest BCUT2D eigenvalue weighted by atomic mass is 9.95. The number of amides is 1. The number of benzene rings is 1. The van der Waals surface area contributed by atoms with Gasteiger partial charge in [0.1, 0.15) is 0 Å². The third-order valence-corrected chi connectivity index (χ3v) is 7.52. The number of allylic oxidation sites excluding steroid dienone is 1. The molecule has 0 spiro atoms. The zero-order valence-corrected chi connectivity index (χ0v) is 17.2. The van der Waals surface area contributed by atoms with Crippen LogP contribution in [0.1, 0.15) is 18.4 Å². The van der Waals surface area contributed by atoms with Crippen LogP contribution in [0.25, 0.3) is 5.57 Å². The molecule has 2 aromatic rings. The molecule has 144 valence electrons. The van der Waals surface area contributed by atoms with Crippen molar-refractivity contribution in [2.24, 2.45) is 5.92 Å². The summed E-state index contributed by atoms with van der Waals surface area (Å²) < 4.78 is 34.9. The number of nitrogens with one attached hydrogen (secondary N) is 1. The van der Waals surface area contributed by atoms with Crippen LogP contribution in [-0.2, 0) is 25.4 Å². The molecular weight excluding hydrogens is 404 g/mol. The number of sulfone groups is 1. The summed E-state index contributed by atoms with van der Waals surface area (Å²) in [6.45, 7) is 0. The number of rotatable bonds is 5. The van der Waals surface area contributed by atoms with Crippen molar-refractivity contribution in [2.75, 3.05) is 23.1 Å². The molecule has 1 aliphatic rings. The molecule has 1 aromatic carbocycles. The maximum absolute atomic E-state index is 12.8. The number of aromatic nitrogens is 1. The fourth-order valence-electron chi connectivity index (χ4n) is 2.85. The van der Waals surface area contributed by atoms with E-state index in [0.717, 1.165) is 19.1 Å². The van der Waals surface area contributed by atoms with E-state index in [1.54, 1.807) is 23.7 Å². The molecule has 6 nitrogen and oxygen atoms in total. The highest BCUT2D eigenvalue weighted by atomic mass is 32.2. The van der Waals surface area contributed by atoms with Crippen LogP contribution in [0, 0.1) is 5.92 Å². The Morgan fingerprint density at radius 1 is 1.26 bits per heavy atom. The van der Waals surface area contributed by atoms with Gasteiger partial charge in [0, 0.05) is 45.7 Å². The van der Waals surface area contributed by atoms with Crippen LogP contribution in [0.15, 0.2) is 46.8 Å². The number of thiazole rings is 1. The second-order valence-corrected chi connectivity index (χ2v) is 11.0. The monoisotopic (exact) mass is 424 g/mol. The SMILES string of the molecule is CS(=O)(=O)c1ccc(C(=CC2CCS(=O)CC2)C(=O)Nc2nccs2)cc1. The molecule has 0 aliphatic carbocycles. The Morgan fingerprint density at radius 2 is 1.93 bits per heavy atom. The number of hydrogen-bond acceptors (Lipinski definition) is 6. The third kappa shape index (κ3) is 5.33. The summed E-state index contributed by atoms with van der Waals surface area (Å²) >= 11 is 1.33. The second-order valence-electron chi connectivity index (χ2n) is 6.35. The first-order valence-electron chi connectivity index (χ1n) is 8.41. The Hall–Kier alpha value is -1.84. The molecule has 0 radical (unpaired) electrons. The van der Waals surface area contributed by atoms with Crippen molar-refractivity contribution in [3.05, 3.63) is 47.5 Å². The summed E-state index contributed by atoms with van der Waals surface area (Å²) in [6, 6.07) is 6.30. The minimum atomic E-state index is -3.30. The van der Waals surface area contributed by atoms with Gasteiger partial charge in [0.15, 0.2) is 15.0 Å². The Bertz CT molecular complexity index is 955. The van der Waals surface area contributed by atoms with E-state index in [1.165, 1.54) is 23.5 Å². The van der Waals surface area contributed by atoms with Crippen LogP contribution in [0.3, 0.4) is 0 Å². The lowest BCUT2D eigenvalue weighted by molar-refractivity contribution is -0.111. The molecule has 0 saturated carbocycles. The van der Waals surface area contributed by atoms with Gasteiger partial charge >= 0.3 is 0 Å². The Labute approximate surface area is 165 Å². The standard InChI is InChI=1S/C18H20N2O4S3/c1-27(23,24)15-4-2-14(3-5-15)16(12-13-6-10-26(22)11-7-13)17(21)20-18-19-8-9-25-18/h2-5,8-9,12-13H,6-7,10-11H2,1H3,(H,19,20,21). The van der Waals surface area contributed by atoms with Crippen molar-refractivity contribution in [1.29, 1.82) is 0 Å². The molecule has 1 saturated heterocycles. The van der Waals surface area contributed by atoms with E-state index < -0.39 is 20.6 Å². The van der Waals surface area contributed by atoms with Gasteiger partial charge in [0.2, 0.25) is 0 Å². The van der Waals surface area contributed by atoms with Crippen LogP contribution >= 0.6 is 11.3 Å². The Kier molecular flexibility index (Phi) is 6.23. The minimum Gasteiger partial charge on any atom is -0.298 e. The molecule has 0 unspecified atom stereocenters. The molecule has 2 heterocycles. The molecule has 1 amide bonds. The summed E-state index contributed by atoms with van der Waals surface area (Å²) in [6.07, 6.45) is 6.20. The average molecular weight is 425 g/mol. The predicted molar refractivity (Wildman–Crippen MR) is 109 cm³/mol. The van der Waals surface area contributed by atoms with E-state index in [1.807, 2.05) is 6.08 Å². The van der Waals surface area contributed by atoms with Crippen LogP contribution in [0.4, 0.5) is 5.13 Å². The molecule has 1 aromatic heterocycles. The highest BCUT2D eigenvalue weighted by Gasteiger charge is 2.21. The van der Waals surface area contributed by atoms with Gasteiger partial charge in [-0.05, 0) is 36.5 Å². The summed E-state index contributed by atoms with van der Waals surface area (Å²) in [5.41, 5.74) is 1.12. The number of nitrogens with zero attached hydrogens (tertiary/aromatic N) is 1. The highest BCUT2D eigenvalue weighted by molar-refractivity contribution is 7.90. The molecule has 9 heteroatoms. The van der Waals surface area contributed by atoms with E-state index in [-0.39, 0.29) is 16.7 Å². The van der Waals surface area contributed by atoms with Gasteiger partial charge in [-0.2, -0.15) is 0 Å². The van der Waals surface area contributed by atoms with Crippen LogP contribution < -0.4 is 5.32 Å². The molecule has 1 aliphatic heterocycles. The Morgan fingerprint density at radius 3 is 2.48 bits per heavy atom. The summed E-state index contributed by atoms with van der Waals surface area (Å²) in [4.78, 5) is 17.1. The van der Waals surface area contributed by atoms with Gasteiger partial charge in [0.25, 0.3) is 5.91 Å². The van der Waals surface area contributed by atoms with Crippen LogP contribution in [0.5, 0.6) is 0 Å². The van der Waals surface area contributed by atoms with Crippen molar-refractivity contribution in [1.82, 2.24) is 4.98 Å². The number of carbonyl (C=O) groups excluding carboxylic acids is 1. The highest BCUT2D eigenvalue weighted by Crippen LogP contribution is 2.26. The first-order chi connectivity index (χ1) is 12.8. The fourth-order valence-corrected chi connectivity index (χ4v) is 5.34. The molecule has 1 N–H and O–H groups in total. The molecule has 0 atom stereocenters. The van der Waals surface area contributed by atoms with Gasteiger partial charge in [0.05, 0.1) is 4.90 Å². The normalized spacial score (nSPS) is 21.0. The van der Waals surface area contributed by atoms with E-state index in [2.05, 4.69) is 10.3 Å². The van der Waals surface area contributed by atoms with E-state index >= 15 is 0 Å². The Balaban J connectivity index is 1.91. The predicted octanol–water partition coefficient (Wildman–Crippen LogP) is 2.73. The zero-order valence-electron chi connectivity index (χ0n) is 14.8. The van der Waals surface area contributed by atoms with Crippen LogP contribution in [-0.4, -0.2) is 41.3 Å². The van der Waals surface area contributed by atoms with Gasteiger partial charge < -0.3 is 0 Å². The van der Waals surface area contributed by atoms with E-state index in [9.17, 15) is 17.4 Å². The van der Waals surface area contributed by atoms with Crippen LogP contribution in [0.2, 0.25) is 0 Å². The maximum Gasteiger partial charge on any atom is 0.257 e. The zero-order chi connectivity index (χ0) is 19.4. The van der Waals surface area contributed by atoms with Gasteiger partial charge in [-0.1, -0.05) is 18.2 Å². The first kappa shape index (κ1) is 19.9. The molecule has 1 fully saturated rings. The maximum atomic E-state index is 12.8. The van der Waals surface area contributed by atoms with Gasteiger partial charge in [-0.25, -0.2) is 13.4 Å². The summed E-state index contributed by atoms with van der Waals surface area (Å²) in [5.74, 6) is 1.14. The van der Waals surface area contributed by atoms with E-state index in [4.69, 9.17) is 0 Å². The van der Waals surface area contributed by atoms with Gasteiger partial charge in [-0.3, -0.25) is 14.3 Å².